The van der Waals surface area contributed by atoms with E-state index in [2.05, 4.69) is 77.7 Å². The lowest BCUT2D eigenvalue weighted by molar-refractivity contribution is 0.358. The maximum atomic E-state index is 10.1. The van der Waals surface area contributed by atoms with Gasteiger partial charge < -0.3 is 88.0 Å². The van der Waals surface area contributed by atoms with Gasteiger partial charge in [0.15, 0.2) is 23.0 Å². The molecule has 20 aromatic rings. The molecule has 692 valence electrons. The molecular weight excluding hydrogens is 1800 g/mol. The van der Waals surface area contributed by atoms with E-state index >= 15 is 0 Å². The summed E-state index contributed by atoms with van der Waals surface area (Å²) in [4.78, 5) is 18.8. The fourth-order valence-electron chi connectivity index (χ4n) is 19.0. The van der Waals surface area contributed by atoms with Crippen LogP contribution in [0.25, 0.3) is 112 Å². The Balaban J connectivity index is 0.000000108. The molecule has 4 unspecified atom stereocenters. The number of piperazine rings is 1. The molecule has 9 N–H and O–H groups in total. The SMILES string of the molecule is Cc1c(-c2nn(C)c3c2C(c2ccc(-n4ccnc4)cc2)C(C#N)=C(N)O3)oc2ccccc12.Cc1ccc2oc(-c3nn(C)c4c3C(c3ccc(-n5ccnc5)cc3)C(C#N)=C(N)O4)cc2c1.Cn1nc(-c2cc3cc(Cl)ccc3o2)c2c1OC(N)=C(C#N)C2c1ccc(-n2ccnc2)cc1.Cn1nc(-c2cc3cc(N4CCNCC4)ccc3o2)c2c1OC(N)=C(C#N)C2c1ccc(-n2ccnc2)cc1. The van der Waals surface area contributed by atoms with Gasteiger partial charge in [-0.2, -0.15) is 41.4 Å². The fourth-order valence-corrected chi connectivity index (χ4v) is 19.2. The van der Waals surface area contributed by atoms with Crippen LogP contribution in [0, 0.1) is 59.2 Å². The van der Waals surface area contributed by atoms with Crippen molar-refractivity contribution < 1.29 is 36.6 Å². The summed E-state index contributed by atoms with van der Waals surface area (Å²) in [5.74, 6) is 2.81. The second-order valence-corrected chi connectivity index (χ2v) is 34.7. The highest BCUT2D eigenvalue weighted by atomic mass is 35.5. The van der Waals surface area contributed by atoms with Crippen LogP contribution in [0.2, 0.25) is 5.02 Å². The summed E-state index contributed by atoms with van der Waals surface area (Å²) in [6.07, 6.45) is 21.4. The number of fused-ring (bicyclic) bond motifs is 8. The fraction of sp³-hybridized carbons (Fsp3) is 0.132. The lowest BCUT2D eigenvalue weighted by atomic mass is 9.83. The number of allylic oxidation sites excluding steroid dienone is 4. The van der Waals surface area contributed by atoms with E-state index in [9.17, 15) is 21.0 Å². The number of hydrogen-bond acceptors (Lipinski definition) is 26. The Labute approximate surface area is 808 Å². The molecule has 5 aliphatic heterocycles. The molecule has 0 bridgehead atoms. The van der Waals surface area contributed by atoms with Crippen LogP contribution < -0.4 is 52.1 Å². The van der Waals surface area contributed by atoms with Gasteiger partial charge in [0.05, 0.1) is 71.2 Å². The molecule has 35 heteroatoms. The average molecular weight is 1880 g/mol. The third kappa shape index (κ3) is 15.6. The molecule has 34 nitrogen and oxygen atoms in total. The Kier molecular flexibility index (Phi) is 22.1. The predicted octanol–water partition coefficient (Wildman–Crippen LogP) is 17.6. The van der Waals surface area contributed by atoms with Gasteiger partial charge in [0.25, 0.3) is 0 Å². The third-order valence-corrected chi connectivity index (χ3v) is 26.0. The summed E-state index contributed by atoms with van der Waals surface area (Å²) in [6, 6.07) is 72.2. The van der Waals surface area contributed by atoms with Crippen molar-refractivity contribution >= 4 is 61.2 Å². The van der Waals surface area contributed by atoms with Crippen molar-refractivity contribution in [1.82, 2.24) is 82.6 Å². The van der Waals surface area contributed by atoms with Crippen LogP contribution in [0.3, 0.4) is 0 Å². The van der Waals surface area contributed by atoms with Gasteiger partial charge in [-0.3, -0.25) is 0 Å². The van der Waals surface area contributed by atoms with Gasteiger partial charge in [-0.15, -0.1) is 0 Å². The van der Waals surface area contributed by atoms with Crippen LogP contribution >= 0.6 is 11.6 Å². The largest absolute Gasteiger partial charge is 0.454 e. The molecule has 0 radical (unpaired) electrons. The van der Waals surface area contributed by atoms with Crippen LogP contribution in [-0.2, 0) is 28.2 Å². The van der Waals surface area contributed by atoms with Gasteiger partial charge >= 0.3 is 0 Å². The summed E-state index contributed by atoms with van der Waals surface area (Å²) in [7, 11) is 7.16. The maximum absolute atomic E-state index is 10.1. The summed E-state index contributed by atoms with van der Waals surface area (Å²) in [6.45, 7) is 7.92. The number of nitrogens with zero attached hydrogens (tertiary/aromatic N) is 21. The van der Waals surface area contributed by atoms with E-state index in [1.54, 1.807) is 103 Å². The smallest absolute Gasteiger partial charge is 0.224 e. The number of para-hydroxylation sites is 1. The third-order valence-electron chi connectivity index (χ3n) is 25.8. The molecule has 4 atom stereocenters. The van der Waals surface area contributed by atoms with Crippen molar-refractivity contribution in [3.05, 3.63) is 375 Å². The Hall–Kier alpha value is -19.0. The van der Waals surface area contributed by atoms with Gasteiger partial charge in [0, 0.05) is 165 Å². The molecule has 25 rings (SSSR count). The standard InChI is InChI=1S/C29H26N8O2.2C26H20N6O2.C25H17ClN6O2/c1-35-29-26(25(22(16-30)28(31)39-29)18-2-4-20(5-3-18)37-13-10-33-17-37)27(34-35)24-15-19-14-21(6-7-23(19)38-24)36-11-8-32-9-12-36;1-15-3-8-20-17(11-15)12-21(33-20)24-23-22(19(13-27)25(28)34-26(23)31(2)30-24)16-4-6-18(7-5-16)32-10-9-29-14-32;1-15-18-5-3-4-6-20(18)33-24(15)23-22-21(19(13-27)25(28)34-26(22)31(2)30-23)16-7-9-17(10-8-16)32-12-11-29-14-32;1-31-25-22(23(30-31)20-11-15-10-16(26)4-7-19(15)33-20)21(18(12-27)24(28)34-25)14-2-5-17(6-3-14)32-9-8-29-13-32/h2-7,10,13-15,17,25,32H,8-9,11-12,31H2,1H3;3-12,14,22H,28H2,1-2H3;3-12,14,21H,28H2,1-2H3;2-11,13,21H,28H2,1H3. The van der Waals surface area contributed by atoms with Gasteiger partial charge in [-0.25, -0.2) is 38.7 Å². The number of imidazole rings is 4. The van der Waals surface area contributed by atoms with Crippen LogP contribution in [-0.4, -0.2) is 104 Å². The van der Waals surface area contributed by atoms with E-state index in [-0.39, 0.29) is 23.5 Å². The molecule has 5 aliphatic rings. The van der Waals surface area contributed by atoms with Gasteiger partial charge in [-0.1, -0.05) is 90.0 Å². The second kappa shape index (κ2) is 35.7. The maximum Gasteiger partial charge on any atom is 0.224 e. The number of aromatic nitrogens is 16. The lowest BCUT2D eigenvalue weighted by Gasteiger charge is -2.29. The summed E-state index contributed by atoms with van der Waals surface area (Å²) < 4.78 is 62.6. The van der Waals surface area contributed by atoms with E-state index in [1.165, 1.54) is 5.69 Å². The van der Waals surface area contributed by atoms with Gasteiger partial charge in [0.1, 0.15) is 91.7 Å². The Bertz CT molecular complexity index is 8350. The molecule has 0 aliphatic carbocycles. The first-order valence-corrected chi connectivity index (χ1v) is 45.2. The molecule has 17 heterocycles. The summed E-state index contributed by atoms with van der Waals surface area (Å²) >= 11 is 6.16. The number of furan rings is 4. The molecule has 141 heavy (non-hydrogen) atoms. The topological polar surface area (TPSA) is 447 Å². The minimum absolute atomic E-state index is 0.0598. The Morgan fingerprint density at radius 1 is 0.362 bits per heavy atom. The molecular formula is C106H83ClN26O8. The number of nitriles is 4. The molecule has 0 spiro atoms. The van der Waals surface area contributed by atoms with Crippen molar-refractivity contribution in [2.75, 3.05) is 31.1 Å². The monoisotopic (exact) mass is 1880 g/mol. The quantitative estimate of drug-likeness (QED) is 0.0715. The van der Waals surface area contributed by atoms with Crippen molar-refractivity contribution in [2.45, 2.75) is 37.5 Å². The number of rotatable bonds is 13. The number of halogens is 1. The van der Waals surface area contributed by atoms with E-state index in [0.717, 1.165) is 137 Å². The minimum Gasteiger partial charge on any atom is -0.454 e. The molecule has 1 fully saturated rings. The molecule has 1 saturated heterocycles. The summed E-state index contributed by atoms with van der Waals surface area (Å²) in [5, 5.41) is 66.9. The first kappa shape index (κ1) is 87.3. The highest BCUT2D eigenvalue weighted by Crippen LogP contribution is 2.54. The Morgan fingerprint density at radius 3 is 1.04 bits per heavy atom. The number of benzene rings is 8. The highest BCUT2D eigenvalue weighted by Gasteiger charge is 2.43. The zero-order valence-electron chi connectivity index (χ0n) is 76.4. The van der Waals surface area contributed by atoms with Gasteiger partial charge in [0.2, 0.25) is 47.1 Å². The predicted molar refractivity (Wildman–Crippen MR) is 525 cm³/mol. The zero-order valence-corrected chi connectivity index (χ0v) is 77.1. The molecule has 12 aromatic heterocycles. The van der Waals surface area contributed by atoms with E-state index in [0.29, 0.717) is 108 Å². The van der Waals surface area contributed by atoms with Crippen molar-refractivity contribution in [2.24, 2.45) is 51.1 Å². The van der Waals surface area contributed by atoms with E-state index in [1.807, 2.05) is 227 Å². The van der Waals surface area contributed by atoms with Crippen LogP contribution in [0.1, 0.15) is 79.3 Å². The first-order chi connectivity index (χ1) is 68.7. The van der Waals surface area contributed by atoms with Gasteiger partial charge in [-0.05, 0) is 157 Å². The number of ether oxygens (including phenoxy) is 4. The van der Waals surface area contributed by atoms with E-state index < -0.39 is 23.7 Å². The van der Waals surface area contributed by atoms with Crippen molar-refractivity contribution in [3.63, 3.8) is 0 Å². The normalized spacial score (nSPS) is 15.8. The number of anilines is 1. The van der Waals surface area contributed by atoms with Crippen LogP contribution in [0.4, 0.5) is 5.69 Å². The first-order valence-electron chi connectivity index (χ1n) is 44.8. The van der Waals surface area contributed by atoms with E-state index in [4.69, 9.17) is 86.4 Å². The molecule has 0 saturated carbocycles. The zero-order chi connectivity index (χ0) is 96.7. The number of nitrogens with one attached hydrogen (secondary N) is 1. The van der Waals surface area contributed by atoms with Crippen molar-refractivity contribution in [3.8, 4) is 116 Å². The lowest BCUT2D eigenvalue weighted by Crippen LogP contribution is -2.43. The average Bonchev–Trinajstić information content (AvgIpc) is 1.59. The van der Waals surface area contributed by atoms with Crippen molar-refractivity contribution in [1.29, 1.82) is 21.0 Å². The Morgan fingerprint density at radius 2 is 0.688 bits per heavy atom. The van der Waals surface area contributed by atoms with Crippen LogP contribution in [0.5, 0.6) is 23.5 Å². The summed E-state index contributed by atoms with van der Waals surface area (Å²) in [5.41, 5.74) is 45.3. The van der Waals surface area contributed by atoms with Crippen LogP contribution in [0.15, 0.2) is 333 Å². The molecule has 0 amide bonds. The number of nitrogens with two attached hydrogens (primary N) is 4. The number of hydrogen-bond donors (Lipinski definition) is 5. The second-order valence-electron chi connectivity index (χ2n) is 34.3. The minimum atomic E-state index is -0.480. The number of aryl methyl sites for hydroxylation is 6. The highest BCUT2D eigenvalue weighted by molar-refractivity contribution is 6.31. The molecule has 8 aromatic carbocycles.